The summed E-state index contributed by atoms with van der Waals surface area (Å²) in [7, 11) is 1.96. The topological polar surface area (TPSA) is 12.0 Å². The second kappa shape index (κ2) is 6.70. The van der Waals surface area contributed by atoms with Crippen LogP contribution in [0.3, 0.4) is 0 Å². The van der Waals surface area contributed by atoms with Gasteiger partial charge in [0.15, 0.2) is 0 Å². The third-order valence-electron chi connectivity index (χ3n) is 2.33. The molecule has 2 heteroatoms. The molecular formula is C13H19NS. The lowest BCUT2D eigenvalue weighted by molar-refractivity contribution is 0.985. The lowest BCUT2D eigenvalue weighted by atomic mass is 10.0. The third-order valence-corrected chi connectivity index (χ3v) is 3.12. The van der Waals surface area contributed by atoms with Gasteiger partial charge in [-0.05, 0) is 48.6 Å². The van der Waals surface area contributed by atoms with Crippen LogP contribution < -0.4 is 5.32 Å². The Labute approximate surface area is 97.0 Å². The van der Waals surface area contributed by atoms with E-state index in [0.717, 1.165) is 12.3 Å². The predicted molar refractivity (Wildman–Crippen MR) is 71.1 cm³/mol. The number of aryl methyl sites for hydroxylation is 2. The van der Waals surface area contributed by atoms with E-state index in [1.165, 1.54) is 16.7 Å². The Kier molecular flexibility index (Phi) is 5.51. The van der Waals surface area contributed by atoms with Crippen LogP contribution in [0.25, 0.3) is 6.08 Å². The van der Waals surface area contributed by atoms with E-state index < -0.39 is 0 Å². The minimum absolute atomic E-state index is 0.961. The first kappa shape index (κ1) is 12.3. The van der Waals surface area contributed by atoms with Crippen LogP contribution in [-0.2, 0) is 6.42 Å². The van der Waals surface area contributed by atoms with Crippen molar-refractivity contribution in [2.75, 3.05) is 12.9 Å². The molecule has 1 rings (SSSR count). The Balaban J connectivity index is 2.63. The first-order chi connectivity index (χ1) is 7.27. The van der Waals surface area contributed by atoms with Gasteiger partial charge in [0.05, 0.1) is 0 Å². The number of thioether (sulfide) groups is 1. The Hall–Kier alpha value is -0.730. The predicted octanol–water partition coefficient (Wildman–Crippen LogP) is 3.44. The van der Waals surface area contributed by atoms with Crippen LogP contribution in [0, 0.1) is 6.92 Å². The van der Waals surface area contributed by atoms with E-state index in [9.17, 15) is 0 Å². The van der Waals surface area contributed by atoms with Crippen molar-refractivity contribution in [3.05, 3.63) is 40.3 Å². The second-order valence-corrected chi connectivity index (χ2v) is 4.40. The highest BCUT2D eigenvalue weighted by Gasteiger charge is 1.95. The van der Waals surface area contributed by atoms with Gasteiger partial charge < -0.3 is 5.32 Å². The molecular weight excluding hydrogens is 202 g/mol. The summed E-state index contributed by atoms with van der Waals surface area (Å²) in [6.45, 7) is 4.37. The molecule has 0 saturated heterocycles. The summed E-state index contributed by atoms with van der Waals surface area (Å²) in [5.41, 5.74) is 4.11. The van der Waals surface area contributed by atoms with Gasteiger partial charge in [0, 0.05) is 5.88 Å². The van der Waals surface area contributed by atoms with Crippen LogP contribution >= 0.6 is 11.8 Å². The molecule has 0 heterocycles. The molecule has 1 aromatic rings. The van der Waals surface area contributed by atoms with Crippen molar-refractivity contribution in [2.24, 2.45) is 0 Å². The van der Waals surface area contributed by atoms with E-state index >= 15 is 0 Å². The van der Waals surface area contributed by atoms with Crippen LogP contribution in [-0.4, -0.2) is 12.9 Å². The quantitative estimate of drug-likeness (QED) is 0.604. The second-order valence-electron chi connectivity index (χ2n) is 3.51. The molecule has 0 amide bonds. The first-order valence-electron chi connectivity index (χ1n) is 5.30. The molecule has 0 unspecified atom stereocenters. The Morgan fingerprint density at radius 3 is 2.80 bits per heavy atom. The fraction of sp³-hybridized carbons (Fsp3) is 0.385. The van der Waals surface area contributed by atoms with Crippen LogP contribution in [0.15, 0.2) is 23.6 Å². The number of benzene rings is 1. The van der Waals surface area contributed by atoms with Gasteiger partial charge in [-0.25, -0.2) is 0 Å². The Morgan fingerprint density at radius 1 is 1.40 bits per heavy atom. The summed E-state index contributed by atoms with van der Waals surface area (Å²) in [6, 6.07) is 6.65. The zero-order valence-corrected chi connectivity index (χ0v) is 10.5. The minimum Gasteiger partial charge on any atom is -0.311 e. The van der Waals surface area contributed by atoms with Crippen molar-refractivity contribution in [3.8, 4) is 0 Å². The van der Waals surface area contributed by atoms with Crippen molar-refractivity contribution < 1.29 is 0 Å². The van der Waals surface area contributed by atoms with E-state index in [-0.39, 0.29) is 0 Å². The fourth-order valence-electron chi connectivity index (χ4n) is 1.48. The highest BCUT2D eigenvalue weighted by molar-refractivity contribution is 8.02. The third kappa shape index (κ3) is 4.10. The largest absolute Gasteiger partial charge is 0.311 e. The molecule has 0 aliphatic rings. The van der Waals surface area contributed by atoms with Gasteiger partial charge in [0.25, 0.3) is 0 Å². The van der Waals surface area contributed by atoms with Gasteiger partial charge in [-0.2, -0.15) is 0 Å². The number of hydrogen-bond donors (Lipinski definition) is 1. The van der Waals surface area contributed by atoms with Crippen molar-refractivity contribution >= 4 is 17.8 Å². The maximum atomic E-state index is 3.10. The van der Waals surface area contributed by atoms with Gasteiger partial charge >= 0.3 is 0 Å². The van der Waals surface area contributed by atoms with Gasteiger partial charge in [-0.3, -0.25) is 0 Å². The van der Waals surface area contributed by atoms with E-state index in [2.05, 4.69) is 48.8 Å². The minimum atomic E-state index is 0.961. The standard InChI is InChI=1S/C13H19NS/c1-4-13-6-5-12(9-11(13)2)7-8-15-10-14-3/h5-9,14H,4,10H2,1-3H3/b8-7+. The molecule has 1 N–H and O–H groups in total. The van der Waals surface area contributed by atoms with Gasteiger partial charge in [0.2, 0.25) is 0 Å². The summed E-state index contributed by atoms with van der Waals surface area (Å²) in [5.74, 6) is 0.961. The van der Waals surface area contributed by atoms with E-state index in [4.69, 9.17) is 0 Å². The summed E-state index contributed by atoms with van der Waals surface area (Å²) < 4.78 is 0. The molecule has 0 fully saturated rings. The van der Waals surface area contributed by atoms with Crippen molar-refractivity contribution in [3.63, 3.8) is 0 Å². The molecule has 0 bridgehead atoms. The molecule has 1 nitrogen and oxygen atoms in total. The van der Waals surface area contributed by atoms with Crippen molar-refractivity contribution in [2.45, 2.75) is 20.3 Å². The summed E-state index contributed by atoms with van der Waals surface area (Å²) in [6.07, 6.45) is 3.28. The average Bonchev–Trinajstić information content (AvgIpc) is 2.25. The maximum Gasteiger partial charge on any atom is 0.0457 e. The van der Waals surface area contributed by atoms with Crippen LogP contribution in [0.1, 0.15) is 23.6 Å². The lowest BCUT2D eigenvalue weighted by Crippen LogP contribution is -2.01. The first-order valence-corrected chi connectivity index (χ1v) is 6.35. The van der Waals surface area contributed by atoms with E-state index in [1.807, 2.05) is 7.05 Å². The van der Waals surface area contributed by atoms with E-state index in [1.54, 1.807) is 11.8 Å². The van der Waals surface area contributed by atoms with Crippen LogP contribution in [0.5, 0.6) is 0 Å². The highest BCUT2D eigenvalue weighted by atomic mass is 32.2. The Bertz CT molecular complexity index is 331. The molecule has 0 saturated carbocycles. The summed E-state index contributed by atoms with van der Waals surface area (Å²) >= 11 is 1.77. The number of hydrogen-bond acceptors (Lipinski definition) is 2. The molecule has 0 spiro atoms. The molecule has 0 radical (unpaired) electrons. The van der Waals surface area contributed by atoms with Crippen LogP contribution in [0.2, 0.25) is 0 Å². The molecule has 0 aromatic heterocycles. The van der Waals surface area contributed by atoms with Crippen LogP contribution in [0.4, 0.5) is 0 Å². The summed E-state index contributed by atoms with van der Waals surface area (Å²) in [4.78, 5) is 0. The molecule has 0 atom stereocenters. The molecule has 0 aliphatic heterocycles. The SMILES string of the molecule is CCc1ccc(/C=C/SCNC)cc1C. The van der Waals surface area contributed by atoms with Gasteiger partial charge in [-0.1, -0.05) is 25.1 Å². The number of nitrogens with one attached hydrogen (secondary N) is 1. The molecule has 0 aliphatic carbocycles. The van der Waals surface area contributed by atoms with E-state index in [0.29, 0.717) is 0 Å². The van der Waals surface area contributed by atoms with Gasteiger partial charge in [0.1, 0.15) is 0 Å². The van der Waals surface area contributed by atoms with Crippen molar-refractivity contribution in [1.29, 1.82) is 0 Å². The summed E-state index contributed by atoms with van der Waals surface area (Å²) in [5, 5.41) is 5.23. The lowest BCUT2D eigenvalue weighted by Gasteiger charge is -2.03. The molecule has 82 valence electrons. The fourth-order valence-corrected chi connectivity index (χ4v) is 1.99. The maximum absolute atomic E-state index is 3.10. The highest BCUT2D eigenvalue weighted by Crippen LogP contribution is 2.14. The van der Waals surface area contributed by atoms with Gasteiger partial charge in [-0.15, -0.1) is 11.8 Å². The average molecular weight is 221 g/mol. The number of rotatable bonds is 5. The zero-order chi connectivity index (χ0) is 11.1. The smallest absolute Gasteiger partial charge is 0.0457 e. The molecule has 15 heavy (non-hydrogen) atoms. The Morgan fingerprint density at radius 2 is 2.20 bits per heavy atom. The molecule has 1 aromatic carbocycles. The zero-order valence-electron chi connectivity index (χ0n) is 9.71. The van der Waals surface area contributed by atoms with Crippen molar-refractivity contribution in [1.82, 2.24) is 5.32 Å². The monoisotopic (exact) mass is 221 g/mol. The normalized spacial score (nSPS) is 11.1.